The van der Waals surface area contributed by atoms with Crippen LogP contribution >= 0.6 is 0 Å². The van der Waals surface area contributed by atoms with Crippen LogP contribution < -0.4 is 15.4 Å². The van der Waals surface area contributed by atoms with E-state index in [1.807, 2.05) is 19.9 Å². The minimum Gasteiger partial charge on any atom is -0.497 e. The van der Waals surface area contributed by atoms with Gasteiger partial charge in [-0.15, -0.1) is 0 Å². The minimum absolute atomic E-state index is 0.274. The lowest BCUT2D eigenvalue weighted by molar-refractivity contribution is 0.0310. The van der Waals surface area contributed by atoms with E-state index in [0.29, 0.717) is 12.6 Å². The highest BCUT2D eigenvalue weighted by Crippen LogP contribution is 2.27. The van der Waals surface area contributed by atoms with Crippen LogP contribution in [0, 0.1) is 0 Å². The molecule has 0 spiro atoms. The summed E-state index contributed by atoms with van der Waals surface area (Å²) in [5, 5.41) is 6.87. The summed E-state index contributed by atoms with van der Waals surface area (Å²) >= 11 is 0. The first-order chi connectivity index (χ1) is 13.0. The summed E-state index contributed by atoms with van der Waals surface area (Å²) in [4.78, 5) is 7.25. The van der Waals surface area contributed by atoms with E-state index in [9.17, 15) is 0 Å². The van der Waals surface area contributed by atoms with Crippen LogP contribution in [-0.4, -0.2) is 63.4 Å². The molecule has 27 heavy (non-hydrogen) atoms. The van der Waals surface area contributed by atoms with Crippen LogP contribution in [0.3, 0.4) is 0 Å². The number of likely N-dealkylation sites (tertiary alicyclic amines) is 1. The monoisotopic (exact) mass is 376 g/mol. The van der Waals surface area contributed by atoms with Gasteiger partial charge in [0.15, 0.2) is 5.96 Å². The minimum atomic E-state index is -0.274. The van der Waals surface area contributed by atoms with Crippen LogP contribution in [0.5, 0.6) is 5.75 Å². The van der Waals surface area contributed by atoms with Gasteiger partial charge in [0.05, 0.1) is 25.3 Å². The molecular weight excluding hydrogens is 340 g/mol. The summed E-state index contributed by atoms with van der Waals surface area (Å²) in [6.45, 7) is 10.7. The Hall–Kier alpha value is -1.79. The summed E-state index contributed by atoms with van der Waals surface area (Å²) < 4.78 is 10.9. The fraction of sp³-hybridized carbons (Fsp3) is 0.667. The molecule has 0 aromatic heterocycles. The largest absolute Gasteiger partial charge is 0.497 e. The Kier molecular flexibility index (Phi) is 8.38. The summed E-state index contributed by atoms with van der Waals surface area (Å²) in [5.74, 6) is 1.73. The van der Waals surface area contributed by atoms with Crippen LogP contribution in [0.2, 0.25) is 0 Å². The van der Waals surface area contributed by atoms with Crippen molar-refractivity contribution in [2.45, 2.75) is 45.3 Å². The van der Waals surface area contributed by atoms with Gasteiger partial charge in [-0.25, -0.2) is 0 Å². The number of aliphatic imine (C=N–C) groups is 1. The van der Waals surface area contributed by atoms with Crippen LogP contribution in [-0.2, 0) is 4.74 Å². The molecule has 1 saturated heterocycles. The van der Waals surface area contributed by atoms with Gasteiger partial charge in [0.2, 0.25) is 0 Å². The molecule has 0 radical (unpaired) electrons. The molecule has 2 rings (SSSR count). The van der Waals surface area contributed by atoms with Crippen LogP contribution in [0.15, 0.2) is 29.3 Å². The van der Waals surface area contributed by atoms with Crippen molar-refractivity contribution >= 4 is 5.96 Å². The fourth-order valence-corrected chi connectivity index (χ4v) is 3.23. The number of benzene rings is 1. The third-order valence-electron chi connectivity index (χ3n) is 5.04. The van der Waals surface area contributed by atoms with E-state index in [1.54, 1.807) is 14.2 Å². The van der Waals surface area contributed by atoms with E-state index in [0.717, 1.165) is 37.9 Å². The van der Waals surface area contributed by atoms with Crippen LogP contribution in [0.1, 0.15) is 45.2 Å². The second kappa shape index (κ2) is 10.5. The standard InChI is InChI=1S/C21H36N4O2/c1-6-22-20(24-16-21(2,3)27-5)23-15-19(25-12-7-8-13-25)17-10-9-11-18(14-17)26-4/h9-11,14,19H,6-8,12-13,15-16H2,1-5H3,(H2,22,23,24). The van der Waals surface area contributed by atoms with Crippen molar-refractivity contribution in [3.63, 3.8) is 0 Å². The second-order valence-corrected chi connectivity index (χ2v) is 7.58. The molecule has 1 unspecified atom stereocenters. The Morgan fingerprint density at radius 1 is 1.22 bits per heavy atom. The smallest absolute Gasteiger partial charge is 0.191 e. The lowest BCUT2D eigenvalue weighted by Crippen LogP contribution is -2.43. The van der Waals surface area contributed by atoms with Gasteiger partial charge in [-0.05, 0) is 64.4 Å². The average molecular weight is 377 g/mol. The summed E-state index contributed by atoms with van der Waals surface area (Å²) in [5.41, 5.74) is 1.00. The molecule has 1 aliphatic heterocycles. The Morgan fingerprint density at radius 2 is 1.96 bits per heavy atom. The summed E-state index contributed by atoms with van der Waals surface area (Å²) in [6, 6.07) is 8.68. The van der Waals surface area contributed by atoms with E-state index in [-0.39, 0.29) is 5.60 Å². The summed E-state index contributed by atoms with van der Waals surface area (Å²) in [7, 11) is 3.44. The molecule has 6 heteroatoms. The van der Waals surface area contributed by atoms with E-state index < -0.39 is 0 Å². The van der Waals surface area contributed by atoms with Gasteiger partial charge in [0.1, 0.15) is 5.75 Å². The molecule has 1 fully saturated rings. The highest BCUT2D eigenvalue weighted by molar-refractivity contribution is 5.79. The van der Waals surface area contributed by atoms with Gasteiger partial charge < -0.3 is 20.1 Å². The number of rotatable bonds is 9. The van der Waals surface area contributed by atoms with Crippen molar-refractivity contribution in [2.75, 3.05) is 46.9 Å². The fourth-order valence-electron chi connectivity index (χ4n) is 3.23. The molecule has 152 valence electrons. The SMILES string of the molecule is CCNC(=NCC(C)(C)OC)NCC(c1cccc(OC)c1)N1CCCC1. The van der Waals surface area contributed by atoms with Crippen molar-refractivity contribution in [1.29, 1.82) is 0 Å². The molecule has 0 aliphatic carbocycles. The van der Waals surface area contributed by atoms with Crippen molar-refractivity contribution in [3.8, 4) is 5.75 Å². The molecular formula is C21H36N4O2. The van der Waals surface area contributed by atoms with Crippen LogP contribution in [0.25, 0.3) is 0 Å². The Morgan fingerprint density at radius 3 is 2.59 bits per heavy atom. The maximum atomic E-state index is 5.48. The third-order valence-corrected chi connectivity index (χ3v) is 5.04. The summed E-state index contributed by atoms with van der Waals surface area (Å²) in [6.07, 6.45) is 2.52. The molecule has 6 nitrogen and oxygen atoms in total. The number of ether oxygens (including phenoxy) is 2. The zero-order valence-electron chi connectivity index (χ0n) is 17.5. The molecule has 1 aromatic rings. The van der Waals surface area contributed by atoms with Crippen molar-refractivity contribution in [2.24, 2.45) is 4.99 Å². The number of hydrogen-bond donors (Lipinski definition) is 2. The predicted octanol–water partition coefficient (Wildman–Crippen LogP) is 2.81. The topological polar surface area (TPSA) is 58.1 Å². The maximum Gasteiger partial charge on any atom is 0.191 e. The number of methoxy groups -OCH3 is 2. The second-order valence-electron chi connectivity index (χ2n) is 7.58. The Balaban J connectivity index is 2.12. The van der Waals surface area contributed by atoms with Crippen molar-refractivity contribution < 1.29 is 9.47 Å². The molecule has 0 saturated carbocycles. The Bertz CT molecular complexity index is 598. The zero-order valence-corrected chi connectivity index (χ0v) is 17.5. The van der Waals surface area contributed by atoms with E-state index >= 15 is 0 Å². The lowest BCUT2D eigenvalue weighted by Gasteiger charge is -2.29. The van der Waals surface area contributed by atoms with Gasteiger partial charge in [-0.3, -0.25) is 9.89 Å². The maximum absolute atomic E-state index is 5.48. The number of nitrogens with one attached hydrogen (secondary N) is 2. The van der Waals surface area contributed by atoms with Crippen molar-refractivity contribution in [3.05, 3.63) is 29.8 Å². The molecule has 1 aliphatic rings. The van der Waals surface area contributed by atoms with E-state index in [1.165, 1.54) is 18.4 Å². The predicted molar refractivity (Wildman–Crippen MR) is 112 cm³/mol. The first-order valence-corrected chi connectivity index (χ1v) is 9.94. The highest BCUT2D eigenvalue weighted by Gasteiger charge is 2.24. The van der Waals surface area contributed by atoms with Gasteiger partial charge in [0.25, 0.3) is 0 Å². The number of nitrogens with zero attached hydrogens (tertiary/aromatic N) is 2. The molecule has 1 atom stereocenters. The van der Waals surface area contributed by atoms with Gasteiger partial charge in [-0.1, -0.05) is 12.1 Å². The first-order valence-electron chi connectivity index (χ1n) is 9.94. The van der Waals surface area contributed by atoms with Crippen molar-refractivity contribution in [1.82, 2.24) is 15.5 Å². The molecule has 0 bridgehead atoms. The molecule has 1 aromatic carbocycles. The van der Waals surface area contributed by atoms with E-state index in [4.69, 9.17) is 14.5 Å². The van der Waals surface area contributed by atoms with Gasteiger partial charge >= 0.3 is 0 Å². The molecule has 2 N–H and O–H groups in total. The highest BCUT2D eigenvalue weighted by atomic mass is 16.5. The quantitative estimate of drug-likeness (QED) is 0.513. The van der Waals surface area contributed by atoms with Gasteiger partial charge in [0, 0.05) is 20.2 Å². The van der Waals surface area contributed by atoms with Crippen LogP contribution in [0.4, 0.5) is 0 Å². The first kappa shape index (κ1) is 21.5. The Labute approximate surface area is 164 Å². The third kappa shape index (κ3) is 6.70. The van der Waals surface area contributed by atoms with Gasteiger partial charge in [-0.2, -0.15) is 0 Å². The number of guanidine groups is 1. The average Bonchev–Trinajstić information content (AvgIpc) is 3.21. The normalized spacial score (nSPS) is 17.0. The molecule has 0 amide bonds. The van der Waals surface area contributed by atoms with E-state index in [2.05, 4.69) is 40.7 Å². The lowest BCUT2D eigenvalue weighted by atomic mass is 10.1. The molecule has 1 heterocycles. The number of hydrogen-bond acceptors (Lipinski definition) is 4. The zero-order chi connectivity index (χ0) is 19.7.